The van der Waals surface area contributed by atoms with Crippen LogP contribution in [0.5, 0.6) is 0 Å². The largest absolute Gasteiger partial charge is 0.274 e. The van der Waals surface area contributed by atoms with Gasteiger partial charge in [-0.1, -0.05) is 15.9 Å². The van der Waals surface area contributed by atoms with Gasteiger partial charge in [-0.25, -0.2) is 4.98 Å². The first-order chi connectivity index (χ1) is 9.93. The number of aryl methyl sites for hydroxylation is 2. The predicted octanol–water partition coefficient (Wildman–Crippen LogP) is 4.02. The molecule has 5 heteroatoms. The fourth-order valence-corrected chi connectivity index (χ4v) is 2.42. The molecule has 0 saturated heterocycles. The molecule has 0 unspecified atom stereocenters. The molecule has 0 spiro atoms. The lowest BCUT2D eigenvalue weighted by molar-refractivity contribution is -0.115. The number of halogens is 1. The number of aromatic nitrogens is 1. The van der Waals surface area contributed by atoms with Gasteiger partial charge in [0.15, 0.2) is 5.82 Å². The van der Waals surface area contributed by atoms with Crippen molar-refractivity contribution < 1.29 is 4.79 Å². The Morgan fingerprint density at radius 2 is 1.90 bits per heavy atom. The number of anilines is 2. The molecular weight excluding hydrogens is 330 g/mol. The Bertz CT molecular complexity index is 732. The van der Waals surface area contributed by atoms with Crippen LogP contribution < -0.4 is 4.90 Å². The summed E-state index contributed by atoms with van der Waals surface area (Å²) in [6.45, 7) is 5.15. The summed E-state index contributed by atoms with van der Waals surface area (Å²) in [7, 11) is 0. The van der Waals surface area contributed by atoms with Gasteiger partial charge in [0.2, 0.25) is 5.91 Å². The fraction of sp³-hybridized carbons (Fsp3) is 0.188. The number of carbonyl (C=O) groups is 1. The summed E-state index contributed by atoms with van der Waals surface area (Å²) < 4.78 is 0.920. The summed E-state index contributed by atoms with van der Waals surface area (Å²) in [5.41, 5.74) is 2.67. The van der Waals surface area contributed by atoms with Gasteiger partial charge in [0.25, 0.3) is 0 Å². The van der Waals surface area contributed by atoms with Crippen LogP contribution >= 0.6 is 15.9 Å². The Hall–Kier alpha value is -2.19. The maximum atomic E-state index is 12.1. The highest BCUT2D eigenvalue weighted by molar-refractivity contribution is 9.10. The van der Waals surface area contributed by atoms with Gasteiger partial charge < -0.3 is 0 Å². The van der Waals surface area contributed by atoms with Crippen molar-refractivity contribution in [1.82, 2.24) is 4.98 Å². The van der Waals surface area contributed by atoms with Crippen molar-refractivity contribution in [2.24, 2.45) is 0 Å². The van der Waals surface area contributed by atoms with E-state index < -0.39 is 0 Å². The molecule has 0 aliphatic heterocycles. The second kappa shape index (κ2) is 6.06. The van der Waals surface area contributed by atoms with Crippen molar-refractivity contribution in [3.05, 3.63) is 51.6 Å². The van der Waals surface area contributed by atoms with Crippen LogP contribution in [0.2, 0.25) is 0 Å². The van der Waals surface area contributed by atoms with Crippen LogP contribution in [0.4, 0.5) is 11.5 Å². The summed E-state index contributed by atoms with van der Waals surface area (Å²) >= 11 is 3.37. The molecule has 0 aliphatic carbocycles. The van der Waals surface area contributed by atoms with E-state index in [9.17, 15) is 10.1 Å². The van der Waals surface area contributed by atoms with Gasteiger partial charge in [-0.15, -0.1) is 0 Å². The number of benzene rings is 1. The monoisotopic (exact) mass is 343 g/mol. The number of nitriles is 1. The first-order valence-electron chi connectivity index (χ1n) is 6.38. The topological polar surface area (TPSA) is 57.0 Å². The maximum absolute atomic E-state index is 12.1. The van der Waals surface area contributed by atoms with E-state index in [-0.39, 0.29) is 5.91 Å². The first kappa shape index (κ1) is 15.2. The summed E-state index contributed by atoms with van der Waals surface area (Å²) in [6, 6.07) is 11.3. The van der Waals surface area contributed by atoms with Crippen LogP contribution in [0.25, 0.3) is 0 Å². The van der Waals surface area contributed by atoms with Crippen molar-refractivity contribution in [3.63, 3.8) is 0 Å². The molecule has 2 rings (SSSR count). The van der Waals surface area contributed by atoms with E-state index in [0.717, 1.165) is 15.7 Å². The number of hydrogen-bond acceptors (Lipinski definition) is 3. The molecule has 0 N–H and O–H groups in total. The van der Waals surface area contributed by atoms with Crippen molar-refractivity contribution in [3.8, 4) is 6.07 Å². The second-order valence-corrected chi connectivity index (χ2v) is 5.64. The lowest BCUT2D eigenvalue weighted by Crippen LogP contribution is -2.25. The Morgan fingerprint density at radius 3 is 2.43 bits per heavy atom. The fourth-order valence-electron chi connectivity index (χ4n) is 2.16. The summed E-state index contributed by atoms with van der Waals surface area (Å²) in [6.07, 6.45) is 0. The molecule has 1 heterocycles. The third kappa shape index (κ3) is 3.11. The first-order valence-corrected chi connectivity index (χ1v) is 7.18. The van der Waals surface area contributed by atoms with Gasteiger partial charge >= 0.3 is 0 Å². The summed E-state index contributed by atoms with van der Waals surface area (Å²) in [5, 5.41) is 9.38. The SMILES string of the molecule is CC(=O)N(c1ccc(Br)cc1)c1nc(C)cc(C)c1C#N. The minimum absolute atomic E-state index is 0.189. The number of pyridine rings is 1. The van der Waals surface area contributed by atoms with Crippen molar-refractivity contribution in [2.75, 3.05) is 4.90 Å². The van der Waals surface area contributed by atoms with Crippen LogP contribution in [0.1, 0.15) is 23.7 Å². The molecule has 0 saturated carbocycles. The normalized spacial score (nSPS) is 10.0. The number of amides is 1. The van der Waals surface area contributed by atoms with Gasteiger partial charge in [0, 0.05) is 17.1 Å². The number of hydrogen-bond donors (Lipinski definition) is 0. The average molecular weight is 344 g/mol. The molecule has 2 aromatic rings. The van der Waals surface area contributed by atoms with Gasteiger partial charge in [0.1, 0.15) is 6.07 Å². The highest BCUT2D eigenvalue weighted by Crippen LogP contribution is 2.30. The van der Waals surface area contributed by atoms with Gasteiger partial charge in [-0.05, 0) is 49.7 Å². The van der Waals surface area contributed by atoms with E-state index in [1.807, 2.05) is 44.2 Å². The standard InChI is InChI=1S/C16H14BrN3O/c1-10-8-11(2)19-16(15(10)9-18)20(12(3)21)14-6-4-13(17)5-7-14/h4-8H,1-3H3. The molecule has 1 aromatic heterocycles. The molecular formula is C16H14BrN3O. The van der Waals surface area contributed by atoms with Crippen LogP contribution in [-0.2, 0) is 4.79 Å². The molecule has 0 radical (unpaired) electrons. The van der Waals surface area contributed by atoms with Crippen LogP contribution in [-0.4, -0.2) is 10.9 Å². The minimum Gasteiger partial charge on any atom is -0.274 e. The van der Waals surface area contributed by atoms with Crippen molar-refractivity contribution in [1.29, 1.82) is 5.26 Å². The van der Waals surface area contributed by atoms with Crippen molar-refractivity contribution >= 4 is 33.3 Å². The Balaban J connectivity index is 2.67. The zero-order valence-corrected chi connectivity index (χ0v) is 13.6. The van der Waals surface area contributed by atoms with Crippen LogP contribution in [0, 0.1) is 25.2 Å². The van der Waals surface area contributed by atoms with Gasteiger partial charge in [-0.2, -0.15) is 5.26 Å². The van der Waals surface area contributed by atoms with Crippen LogP contribution in [0.15, 0.2) is 34.8 Å². The molecule has 0 aliphatic rings. The zero-order valence-electron chi connectivity index (χ0n) is 12.0. The summed E-state index contributed by atoms with van der Waals surface area (Å²) in [5.74, 6) is 0.191. The lowest BCUT2D eigenvalue weighted by Gasteiger charge is -2.22. The van der Waals surface area contributed by atoms with E-state index in [4.69, 9.17) is 0 Å². The summed E-state index contributed by atoms with van der Waals surface area (Å²) in [4.78, 5) is 17.9. The Labute approximate surface area is 132 Å². The molecule has 0 atom stereocenters. The maximum Gasteiger partial charge on any atom is 0.229 e. The van der Waals surface area contributed by atoms with Gasteiger partial charge in [0.05, 0.1) is 11.3 Å². The van der Waals surface area contributed by atoms with E-state index in [1.165, 1.54) is 11.8 Å². The predicted molar refractivity (Wildman–Crippen MR) is 85.4 cm³/mol. The highest BCUT2D eigenvalue weighted by Gasteiger charge is 2.21. The highest BCUT2D eigenvalue weighted by atomic mass is 79.9. The Kier molecular flexibility index (Phi) is 4.39. The average Bonchev–Trinajstić information content (AvgIpc) is 2.40. The third-order valence-electron chi connectivity index (χ3n) is 3.05. The van der Waals surface area contributed by atoms with E-state index in [1.54, 1.807) is 0 Å². The van der Waals surface area contributed by atoms with Crippen LogP contribution in [0.3, 0.4) is 0 Å². The van der Waals surface area contributed by atoms with E-state index in [2.05, 4.69) is 27.0 Å². The second-order valence-electron chi connectivity index (χ2n) is 4.72. The molecule has 0 fully saturated rings. The van der Waals surface area contributed by atoms with Gasteiger partial charge in [-0.3, -0.25) is 9.69 Å². The lowest BCUT2D eigenvalue weighted by atomic mass is 10.1. The van der Waals surface area contributed by atoms with Crippen molar-refractivity contribution in [2.45, 2.75) is 20.8 Å². The molecule has 0 bridgehead atoms. The molecule has 1 amide bonds. The van der Waals surface area contributed by atoms with E-state index >= 15 is 0 Å². The molecule has 21 heavy (non-hydrogen) atoms. The Morgan fingerprint density at radius 1 is 1.29 bits per heavy atom. The third-order valence-corrected chi connectivity index (χ3v) is 3.58. The quantitative estimate of drug-likeness (QED) is 0.827. The number of nitrogens with zero attached hydrogens (tertiary/aromatic N) is 3. The molecule has 4 nitrogen and oxygen atoms in total. The number of carbonyl (C=O) groups excluding carboxylic acids is 1. The van der Waals surface area contributed by atoms with E-state index in [0.29, 0.717) is 17.1 Å². The number of rotatable bonds is 2. The molecule has 106 valence electrons. The smallest absolute Gasteiger partial charge is 0.229 e. The molecule has 1 aromatic carbocycles. The minimum atomic E-state index is -0.189. The zero-order chi connectivity index (χ0) is 15.6.